The Kier molecular flexibility index (Phi) is 6.95. The van der Waals surface area contributed by atoms with Gasteiger partial charge in [-0.2, -0.15) is 4.99 Å². The van der Waals surface area contributed by atoms with E-state index in [1.807, 2.05) is 29.3 Å². The number of piperazine rings is 1. The largest absolute Gasteiger partial charge is 0.384 e. The van der Waals surface area contributed by atoms with E-state index in [4.69, 9.17) is 15.4 Å². The molecule has 0 radical (unpaired) electrons. The number of hydrogen-bond donors (Lipinski definition) is 3. The predicted molar refractivity (Wildman–Crippen MR) is 148 cm³/mol. The van der Waals surface area contributed by atoms with Gasteiger partial charge < -0.3 is 20.4 Å². The summed E-state index contributed by atoms with van der Waals surface area (Å²) in [5, 5.41) is 17.2. The quantitative estimate of drug-likeness (QED) is 0.583. The first-order chi connectivity index (χ1) is 17.8. The molecule has 1 saturated heterocycles. The molecule has 1 atom stereocenters. The lowest BCUT2D eigenvalue weighted by Gasteiger charge is -2.36. The number of nitrogens with one attached hydrogen (secondary N) is 3. The van der Waals surface area contributed by atoms with Gasteiger partial charge >= 0.3 is 0 Å². The minimum atomic E-state index is -0.103. The number of amides is 1. The molecular formula is C28H36N8O. The van der Waals surface area contributed by atoms with Gasteiger partial charge in [0.05, 0.1) is 11.6 Å². The van der Waals surface area contributed by atoms with Gasteiger partial charge in [0.2, 0.25) is 11.9 Å². The van der Waals surface area contributed by atoms with Crippen molar-refractivity contribution in [1.82, 2.24) is 25.4 Å². The Hall–Kier alpha value is -3.75. The highest BCUT2D eigenvalue weighted by Gasteiger charge is 2.34. The van der Waals surface area contributed by atoms with Crippen LogP contribution in [0.5, 0.6) is 0 Å². The van der Waals surface area contributed by atoms with Crippen LogP contribution in [-0.4, -0.2) is 70.4 Å². The number of aliphatic imine (C=N–C) groups is 2. The Balaban J connectivity index is 1.46. The fourth-order valence-electron chi connectivity index (χ4n) is 4.79. The van der Waals surface area contributed by atoms with Crippen LogP contribution in [0.25, 0.3) is 10.9 Å². The van der Waals surface area contributed by atoms with Crippen LogP contribution in [0.4, 0.5) is 0 Å². The van der Waals surface area contributed by atoms with E-state index in [1.165, 1.54) is 0 Å². The number of nitrogens with zero attached hydrogens (tertiary/aromatic N) is 5. The second kappa shape index (κ2) is 10.3. The van der Waals surface area contributed by atoms with E-state index >= 15 is 0 Å². The topological polar surface area (TPSA) is 109 Å². The van der Waals surface area contributed by atoms with Crippen LogP contribution >= 0.6 is 0 Å². The summed E-state index contributed by atoms with van der Waals surface area (Å²) in [4.78, 5) is 30.2. The summed E-state index contributed by atoms with van der Waals surface area (Å²) in [5.41, 5.74) is 4.00. The molecule has 9 heteroatoms. The van der Waals surface area contributed by atoms with Gasteiger partial charge in [-0.1, -0.05) is 18.2 Å². The van der Waals surface area contributed by atoms with Gasteiger partial charge in [0.15, 0.2) is 5.84 Å². The van der Waals surface area contributed by atoms with E-state index in [1.54, 1.807) is 6.92 Å². The molecule has 1 aromatic carbocycles. The van der Waals surface area contributed by atoms with Crippen molar-refractivity contribution in [1.29, 1.82) is 5.41 Å². The normalized spacial score (nSPS) is 20.5. The average molecular weight is 501 g/mol. The summed E-state index contributed by atoms with van der Waals surface area (Å²) in [6.07, 6.45) is 4.09. The van der Waals surface area contributed by atoms with Crippen LogP contribution in [0, 0.1) is 11.3 Å². The monoisotopic (exact) mass is 500 g/mol. The van der Waals surface area contributed by atoms with Gasteiger partial charge in [0.25, 0.3) is 0 Å². The minimum absolute atomic E-state index is 0.0911. The standard InChI is InChI=1S/C28H36N8O/c1-17(2)31-25(20-9-10-20)26-24(29)27(34-28(33-26)36-13-11-35(12-14-36)19(4)37)32-18(3)22-15-21-7-5-6-8-23(21)30-16-22/h5-8,15-18,20,29,31H,9-14H2,1-4H3,(H,32,33,34)/b26-25+,29-24?/t18-/m1/s1. The number of amidine groups is 1. The van der Waals surface area contributed by atoms with E-state index in [9.17, 15) is 4.79 Å². The molecule has 2 fully saturated rings. The minimum Gasteiger partial charge on any atom is -0.384 e. The van der Waals surface area contributed by atoms with Crippen LogP contribution in [-0.2, 0) is 4.79 Å². The molecule has 1 amide bonds. The van der Waals surface area contributed by atoms with Crippen LogP contribution in [0.1, 0.15) is 52.1 Å². The third-order valence-electron chi connectivity index (χ3n) is 7.05. The van der Waals surface area contributed by atoms with Crippen molar-refractivity contribution in [3.05, 3.63) is 53.5 Å². The zero-order chi connectivity index (χ0) is 26.1. The SMILES string of the molecule is CC(=O)N1CCN(C2=N/C(=C(/NC(C)C)C3CC3)C(=N)C(N[C@H](C)c3cnc4ccccc4c3)=N2)CC1. The molecule has 1 aromatic heterocycles. The highest BCUT2D eigenvalue weighted by atomic mass is 16.2. The van der Waals surface area contributed by atoms with Gasteiger partial charge in [0, 0.05) is 62.3 Å². The molecule has 3 N–H and O–H groups in total. The Bertz CT molecular complexity index is 1300. The van der Waals surface area contributed by atoms with Crippen molar-refractivity contribution >= 4 is 34.3 Å². The Morgan fingerprint density at radius 2 is 1.81 bits per heavy atom. The molecule has 2 aliphatic heterocycles. The van der Waals surface area contributed by atoms with E-state index in [0.29, 0.717) is 55.3 Å². The molecule has 0 unspecified atom stereocenters. The van der Waals surface area contributed by atoms with Crippen LogP contribution in [0.2, 0.25) is 0 Å². The number of fused-ring (bicyclic) bond motifs is 1. The van der Waals surface area contributed by atoms with Gasteiger partial charge in [0.1, 0.15) is 11.4 Å². The molecule has 0 spiro atoms. The van der Waals surface area contributed by atoms with Gasteiger partial charge in [-0.05, 0) is 51.3 Å². The molecule has 0 bridgehead atoms. The molecule has 5 rings (SSSR count). The number of para-hydroxylation sites is 1. The summed E-state index contributed by atoms with van der Waals surface area (Å²) >= 11 is 0. The molecule has 3 heterocycles. The van der Waals surface area contributed by atoms with Crippen LogP contribution in [0.3, 0.4) is 0 Å². The van der Waals surface area contributed by atoms with Crippen LogP contribution < -0.4 is 10.6 Å². The van der Waals surface area contributed by atoms with E-state index in [-0.39, 0.29) is 18.0 Å². The molecule has 3 aliphatic rings. The number of guanidine groups is 1. The number of allylic oxidation sites excluding steroid dienone is 1. The first-order valence-corrected chi connectivity index (χ1v) is 13.2. The highest BCUT2D eigenvalue weighted by Crippen LogP contribution is 2.38. The lowest BCUT2D eigenvalue weighted by atomic mass is 10.1. The molecule has 1 saturated carbocycles. The number of pyridine rings is 1. The first kappa shape index (κ1) is 24.9. The fourth-order valence-corrected chi connectivity index (χ4v) is 4.79. The summed E-state index contributed by atoms with van der Waals surface area (Å²) in [6.45, 7) is 10.5. The zero-order valence-electron chi connectivity index (χ0n) is 22.1. The lowest BCUT2D eigenvalue weighted by molar-refractivity contribution is -0.130. The van der Waals surface area contributed by atoms with Gasteiger partial charge in [-0.25, -0.2) is 4.99 Å². The summed E-state index contributed by atoms with van der Waals surface area (Å²) in [6, 6.07) is 10.3. The van der Waals surface area contributed by atoms with Crippen molar-refractivity contribution in [3.8, 4) is 0 Å². The van der Waals surface area contributed by atoms with Crippen molar-refractivity contribution in [3.63, 3.8) is 0 Å². The summed E-state index contributed by atoms with van der Waals surface area (Å²) < 4.78 is 0. The van der Waals surface area contributed by atoms with Crippen molar-refractivity contribution in [2.24, 2.45) is 15.9 Å². The molecule has 194 valence electrons. The third kappa shape index (κ3) is 5.50. The number of carbonyl (C=O) groups is 1. The van der Waals surface area contributed by atoms with Crippen molar-refractivity contribution < 1.29 is 4.79 Å². The number of hydrogen-bond acceptors (Lipinski definition) is 8. The number of carbonyl (C=O) groups excluding carboxylic acids is 1. The Labute approximate surface area is 218 Å². The zero-order valence-corrected chi connectivity index (χ0v) is 22.1. The maximum Gasteiger partial charge on any atom is 0.228 e. The average Bonchev–Trinajstić information content (AvgIpc) is 3.74. The van der Waals surface area contributed by atoms with E-state index < -0.39 is 0 Å². The third-order valence-corrected chi connectivity index (χ3v) is 7.05. The first-order valence-electron chi connectivity index (χ1n) is 13.2. The Morgan fingerprint density at radius 1 is 1.08 bits per heavy atom. The van der Waals surface area contributed by atoms with E-state index in [2.05, 4.69) is 53.4 Å². The fraction of sp³-hybridized carbons (Fsp3) is 0.464. The molecule has 37 heavy (non-hydrogen) atoms. The summed E-state index contributed by atoms with van der Waals surface area (Å²) in [7, 11) is 0. The van der Waals surface area contributed by atoms with Crippen LogP contribution in [0.15, 0.2) is 57.9 Å². The molecule has 2 aromatic rings. The smallest absolute Gasteiger partial charge is 0.228 e. The number of benzene rings is 1. The molecular weight excluding hydrogens is 464 g/mol. The number of rotatable bonds is 5. The molecule has 1 aliphatic carbocycles. The lowest BCUT2D eigenvalue weighted by Crippen LogP contribution is -2.51. The summed E-state index contributed by atoms with van der Waals surface area (Å²) in [5.74, 6) is 1.61. The van der Waals surface area contributed by atoms with E-state index in [0.717, 1.165) is 35.0 Å². The predicted octanol–water partition coefficient (Wildman–Crippen LogP) is 3.46. The second-order valence-corrected chi connectivity index (χ2v) is 10.4. The van der Waals surface area contributed by atoms with Gasteiger partial charge in [-0.15, -0.1) is 0 Å². The van der Waals surface area contributed by atoms with Crippen molar-refractivity contribution in [2.45, 2.75) is 52.6 Å². The maximum atomic E-state index is 11.8. The maximum absolute atomic E-state index is 11.8. The number of aromatic nitrogens is 1. The second-order valence-electron chi connectivity index (χ2n) is 10.4. The molecule has 9 nitrogen and oxygen atoms in total. The van der Waals surface area contributed by atoms with Crippen molar-refractivity contribution in [2.75, 3.05) is 26.2 Å². The highest BCUT2D eigenvalue weighted by molar-refractivity contribution is 6.49. The van der Waals surface area contributed by atoms with Gasteiger partial charge in [-0.3, -0.25) is 15.2 Å². The Morgan fingerprint density at radius 3 is 2.49 bits per heavy atom.